The van der Waals surface area contributed by atoms with Crippen LogP contribution in [0.3, 0.4) is 0 Å². The van der Waals surface area contributed by atoms with Crippen LogP contribution in [0.2, 0.25) is 0 Å². The third-order valence-electron chi connectivity index (χ3n) is 2.62. The summed E-state index contributed by atoms with van der Waals surface area (Å²) in [5.74, 6) is 1.16. The molecule has 1 heterocycles. The zero-order valence-corrected chi connectivity index (χ0v) is 10.4. The van der Waals surface area contributed by atoms with E-state index in [0.29, 0.717) is 0 Å². The first kappa shape index (κ1) is 13.2. The second kappa shape index (κ2) is 5.98. The van der Waals surface area contributed by atoms with Crippen molar-refractivity contribution in [3.05, 3.63) is 0 Å². The number of aliphatic carboxylic acids is 1. The van der Waals surface area contributed by atoms with E-state index in [1.54, 1.807) is 18.9 Å². The first-order valence-electron chi connectivity index (χ1n) is 5.33. The number of thioether (sulfide) groups is 1. The molecule has 2 atom stereocenters. The van der Waals surface area contributed by atoms with Gasteiger partial charge in [0.25, 0.3) is 0 Å². The van der Waals surface area contributed by atoms with Crippen LogP contribution in [-0.4, -0.2) is 52.6 Å². The van der Waals surface area contributed by atoms with Crippen molar-refractivity contribution >= 4 is 23.8 Å². The number of nitrogens with zero attached hydrogens (tertiary/aromatic N) is 1. The highest BCUT2D eigenvalue weighted by Gasteiger charge is 2.24. The quantitative estimate of drug-likeness (QED) is 0.776. The van der Waals surface area contributed by atoms with Gasteiger partial charge in [0, 0.05) is 24.9 Å². The summed E-state index contributed by atoms with van der Waals surface area (Å²) in [6, 6.07) is -0.232. The van der Waals surface area contributed by atoms with E-state index in [4.69, 9.17) is 5.11 Å². The van der Waals surface area contributed by atoms with Crippen LogP contribution in [0.5, 0.6) is 0 Å². The van der Waals surface area contributed by atoms with Crippen LogP contribution >= 0.6 is 11.8 Å². The van der Waals surface area contributed by atoms with Crippen molar-refractivity contribution in [3.8, 4) is 0 Å². The van der Waals surface area contributed by atoms with Crippen molar-refractivity contribution in [1.82, 2.24) is 10.2 Å². The molecule has 1 rings (SSSR count). The maximum atomic E-state index is 11.7. The highest BCUT2D eigenvalue weighted by atomic mass is 32.2. The van der Waals surface area contributed by atoms with Crippen molar-refractivity contribution in [2.75, 3.05) is 18.6 Å². The Morgan fingerprint density at radius 2 is 2.31 bits per heavy atom. The van der Waals surface area contributed by atoms with Crippen LogP contribution in [-0.2, 0) is 4.79 Å². The number of hydrogen-bond acceptors (Lipinski definition) is 3. The number of carboxylic acid groups (broad SMARTS) is 1. The van der Waals surface area contributed by atoms with Gasteiger partial charge in [0.1, 0.15) is 0 Å². The largest absolute Gasteiger partial charge is 0.481 e. The van der Waals surface area contributed by atoms with Crippen molar-refractivity contribution in [3.63, 3.8) is 0 Å². The Morgan fingerprint density at radius 1 is 1.62 bits per heavy atom. The lowest BCUT2D eigenvalue weighted by atomic mass is 10.2. The fourth-order valence-electron chi connectivity index (χ4n) is 1.62. The Bertz CT molecular complexity index is 267. The maximum absolute atomic E-state index is 11.7. The predicted octanol–water partition coefficient (Wildman–Crippen LogP) is 0.997. The molecule has 0 aromatic rings. The Balaban J connectivity index is 2.35. The number of urea groups is 1. The fraction of sp³-hybridized carbons (Fsp3) is 0.800. The number of carbonyl (C=O) groups is 2. The Kier molecular flexibility index (Phi) is 4.92. The number of rotatable bonds is 4. The molecular weight excluding hydrogens is 228 g/mol. The van der Waals surface area contributed by atoms with Crippen LogP contribution in [0.1, 0.15) is 19.8 Å². The van der Waals surface area contributed by atoms with Gasteiger partial charge in [0.15, 0.2) is 0 Å². The van der Waals surface area contributed by atoms with E-state index in [9.17, 15) is 9.59 Å². The van der Waals surface area contributed by atoms with Crippen LogP contribution in [0.4, 0.5) is 4.79 Å². The van der Waals surface area contributed by atoms with E-state index in [0.717, 1.165) is 17.9 Å². The molecular formula is C10H18N2O3S. The van der Waals surface area contributed by atoms with E-state index in [1.807, 2.05) is 11.8 Å². The summed E-state index contributed by atoms with van der Waals surface area (Å²) in [6.07, 6.45) is 0.973. The molecule has 1 saturated heterocycles. The second-order valence-electron chi connectivity index (χ2n) is 4.08. The van der Waals surface area contributed by atoms with Gasteiger partial charge in [-0.2, -0.15) is 11.8 Å². The first-order chi connectivity index (χ1) is 7.50. The van der Waals surface area contributed by atoms with E-state index in [-0.39, 0.29) is 24.5 Å². The van der Waals surface area contributed by atoms with Crippen LogP contribution in [0.25, 0.3) is 0 Å². The average Bonchev–Trinajstić information content (AvgIpc) is 2.67. The summed E-state index contributed by atoms with van der Waals surface area (Å²) in [5.41, 5.74) is 0. The highest BCUT2D eigenvalue weighted by Crippen LogP contribution is 2.21. The van der Waals surface area contributed by atoms with Gasteiger partial charge in [-0.15, -0.1) is 0 Å². The smallest absolute Gasteiger partial charge is 0.317 e. The number of nitrogens with one attached hydrogen (secondary N) is 1. The molecule has 2 amide bonds. The van der Waals surface area contributed by atoms with Crippen molar-refractivity contribution in [2.24, 2.45) is 0 Å². The first-order valence-corrected chi connectivity index (χ1v) is 6.49. The van der Waals surface area contributed by atoms with E-state index in [1.165, 1.54) is 0 Å². The zero-order valence-electron chi connectivity index (χ0n) is 9.60. The van der Waals surface area contributed by atoms with Gasteiger partial charge < -0.3 is 15.3 Å². The Hall–Kier alpha value is -0.910. The highest BCUT2D eigenvalue weighted by molar-refractivity contribution is 7.99. The Labute approximate surface area is 99.6 Å². The SMILES string of the molecule is CC(CC(=O)O)NC(=O)N(C)C1CCSC1. The van der Waals surface area contributed by atoms with E-state index in [2.05, 4.69) is 5.32 Å². The van der Waals surface area contributed by atoms with E-state index < -0.39 is 5.97 Å². The predicted molar refractivity (Wildman–Crippen MR) is 63.7 cm³/mol. The minimum atomic E-state index is -0.896. The lowest BCUT2D eigenvalue weighted by Gasteiger charge is -2.25. The minimum absolute atomic E-state index is 0.0427. The van der Waals surface area contributed by atoms with Crippen molar-refractivity contribution in [2.45, 2.75) is 31.8 Å². The maximum Gasteiger partial charge on any atom is 0.317 e. The lowest BCUT2D eigenvalue weighted by Crippen LogP contribution is -2.47. The molecule has 1 fully saturated rings. The van der Waals surface area contributed by atoms with Gasteiger partial charge in [-0.3, -0.25) is 4.79 Å². The van der Waals surface area contributed by atoms with Crippen LogP contribution in [0.15, 0.2) is 0 Å². The lowest BCUT2D eigenvalue weighted by molar-refractivity contribution is -0.137. The summed E-state index contributed by atoms with van der Waals surface area (Å²) in [4.78, 5) is 23.9. The summed E-state index contributed by atoms with van der Waals surface area (Å²) >= 11 is 1.84. The zero-order chi connectivity index (χ0) is 12.1. The molecule has 0 aromatic carbocycles. The topological polar surface area (TPSA) is 69.6 Å². The van der Waals surface area contributed by atoms with Gasteiger partial charge in [-0.05, 0) is 19.1 Å². The van der Waals surface area contributed by atoms with Crippen LogP contribution < -0.4 is 5.32 Å². The average molecular weight is 246 g/mol. The van der Waals surface area contributed by atoms with Gasteiger partial charge in [-0.25, -0.2) is 4.79 Å². The molecule has 1 aliphatic rings. The molecule has 0 aromatic heterocycles. The molecule has 5 nitrogen and oxygen atoms in total. The van der Waals surface area contributed by atoms with Gasteiger partial charge in [-0.1, -0.05) is 0 Å². The molecule has 16 heavy (non-hydrogen) atoms. The molecule has 0 radical (unpaired) electrons. The molecule has 2 unspecified atom stereocenters. The molecule has 92 valence electrons. The summed E-state index contributed by atoms with van der Waals surface area (Å²) in [7, 11) is 1.76. The molecule has 1 aliphatic heterocycles. The standard InChI is InChI=1S/C10H18N2O3S/c1-7(5-9(13)14)11-10(15)12(2)8-3-4-16-6-8/h7-8H,3-6H2,1-2H3,(H,11,15)(H,13,14). The monoisotopic (exact) mass is 246 g/mol. The fourth-order valence-corrected chi connectivity index (χ4v) is 2.89. The van der Waals surface area contributed by atoms with Crippen LogP contribution in [0, 0.1) is 0 Å². The minimum Gasteiger partial charge on any atom is -0.481 e. The van der Waals surface area contributed by atoms with Gasteiger partial charge in [0.2, 0.25) is 0 Å². The molecule has 6 heteroatoms. The van der Waals surface area contributed by atoms with Gasteiger partial charge in [0.05, 0.1) is 6.42 Å². The Morgan fingerprint density at radius 3 is 2.81 bits per heavy atom. The van der Waals surface area contributed by atoms with Gasteiger partial charge >= 0.3 is 12.0 Å². The summed E-state index contributed by atoms with van der Waals surface area (Å²) in [5, 5.41) is 11.3. The normalized spacial score (nSPS) is 21.5. The summed E-state index contributed by atoms with van der Waals surface area (Å²) < 4.78 is 0. The third kappa shape index (κ3) is 3.92. The second-order valence-corrected chi connectivity index (χ2v) is 5.23. The van der Waals surface area contributed by atoms with Crippen molar-refractivity contribution in [1.29, 1.82) is 0 Å². The summed E-state index contributed by atoms with van der Waals surface area (Å²) in [6.45, 7) is 1.70. The molecule has 0 aliphatic carbocycles. The number of amides is 2. The van der Waals surface area contributed by atoms with E-state index >= 15 is 0 Å². The molecule has 0 bridgehead atoms. The molecule has 2 N–H and O–H groups in total. The third-order valence-corrected chi connectivity index (χ3v) is 3.77. The number of carboxylic acids is 1. The van der Waals surface area contributed by atoms with Crippen molar-refractivity contribution < 1.29 is 14.7 Å². The molecule has 0 spiro atoms. The molecule has 0 saturated carbocycles. The number of carbonyl (C=O) groups excluding carboxylic acids is 1. The number of hydrogen-bond donors (Lipinski definition) is 2.